The summed E-state index contributed by atoms with van der Waals surface area (Å²) in [5.74, 6) is -1.36. The van der Waals surface area contributed by atoms with Gasteiger partial charge < -0.3 is 5.11 Å². The van der Waals surface area contributed by atoms with E-state index in [1.54, 1.807) is 6.07 Å². The number of benzene rings is 1. The van der Waals surface area contributed by atoms with Crippen molar-refractivity contribution >= 4 is 17.6 Å². The third kappa shape index (κ3) is 2.19. The van der Waals surface area contributed by atoms with E-state index in [4.69, 9.17) is 16.7 Å². The molecule has 2 nitrogen and oxygen atoms in total. The monoisotopic (exact) mass is 242 g/mol. The van der Waals surface area contributed by atoms with E-state index in [1.165, 1.54) is 12.1 Å². The van der Waals surface area contributed by atoms with Gasteiger partial charge >= 0.3 is 5.97 Å². The van der Waals surface area contributed by atoms with Crippen LogP contribution in [-0.4, -0.2) is 11.1 Å². The lowest BCUT2D eigenvalue weighted by Crippen LogP contribution is -2.34. The van der Waals surface area contributed by atoms with Crippen LogP contribution in [0, 0.1) is 17.7 Å². The zero-order valence-electron chi connectivity index (χ0n) is 8.62. The zero-order chi connectivity index (χ0) is 11.7. The Balaban J connectivity index is 2.09. The molecule has 1 aliphatic rings. The highest BCUT2D eigenvalue weighted by Gasteiger charge is 2.36. The van der Waals surface area contributed by atoms with Crippen LogP contribution in [0.15, 0.2) is 18.2 Å². The molecular formula is C12H12ClFO2. The maximum atomic E-state index is 13.4. The summed E-state index contributed by atoms with van der Waals surface area (Å²) in [4.78, 5) is 10.8. The molecule has 1 aliphatic carbocycles. The summed E-state index contributed by atoms with van der Waals surface area (Å²) in [5, 5.41) is 9.37. The van der Waals surface area contributed by atoms with E-state index in [9.17, 15) is 9.18 Å². The van der Waals surface area contributed by atoms with Crippen LogP contribution >= 0.6 is 11.6 Å². The number of halogens is 2. The van der Waals surface area contributed by atoms with Gasteiger partial charge in [0, 0.05) is 5.02 Å². The summed E-state index contributed by atoms with van der Waals surface area (Å²) >= 11 is 5.78. The molecule has 86 valence electrons. The first-order valence-corrected chi connectivity index (χ1v) is 5.62. The van der Waals surface area contributed by atoms with Crippen LogP contribution in [-0.2, 0) is 11.2 Å². The highest BCUT2D eigenvalue weighted by Crippen LogP contribution is 2.37. The summed E-state index contributed by atoms with van der Waals surface area (Å²) in [6, 6.07) is 4.40. The number of carbonyl (C=O) groups is 1. The Morgan fingerprint density at radius 3 is 2.81 bits per heavy atom. The largest absolute Gasteiger partial charge is 0.481 e. The molecule has 16 heavy (non-hydrogen) atoms. The molecule has 0 aromatic heterocycles. The topological polar surface area (TPSA) is 37.3 Å². The zero-order valence-corrected chi connectivity index (χ0v) is 9.38. The molecule has 0 saturated heterocycles. The fraction of sp³-hybridized carbons (Fsp3) is 0.417. The van der Waals surface area contributed by atoms with E-state index in [2.05, 4.69) is 0 Å². The molecule has 1 aromatic rings. The van der Waals surface area contributed by atoms with Crippen LogP contribution in [0.1, 0.15) is 18.4 Å². The van der Waals surface area contributed by atoms with Gasteiger partial charge in [-0.15, -0.1) is 0 Å². The van der Waals surface area contributed by atoms with Gasteiger partial charge in [-0.2, -0.15) is 0 Å². The third-order valence-electron chi connectivity index (χ3n) is 3.22. The third-order valence-corrected chi connectivity index (χ3v) is 3.46. The first-order chi connectivity index (χ1) is 7.58. The predicted molar refractivity (Wildman–Crippen MR) is 59.0 cm³/mol. The summed E-state index contributed by atoms with van der Waals surface area (Å²) in [6.07, 6.45) is 2.01. The number of aliphatic carboxylic acids is 1. The van der Waals surface area contributed by atoms with Crippen LogP contribution in [0.5, 0.6) is 0 Å². The normalized spacial score (nSPS) is 23.9. The van der Waals surface area contributed by atoms with Crippen molar-refractivity contribution in [1.82, 2.24) is 0 Å². The Morgan fingerprint density at radius 1 is 1.50 bits per heavy atom. The van der Waals surface area contributed by atoms with Crippen molar-refractivity contribution in [2.75, 3.05) is 0 Å². The fourth-order valence-corrected chi connectivity index (χ4v) is 2.32. The molecule has 0 amide bonds. The first kappa shape index (κ1) is 11.4. The van der Waals surface area contributed by atoms with Gasteiger partial charge in [-0.1, -0.05) is 11.6 Å². The molecule has 4 heteroatoms. The SMILES string of the molecule is O=C(O)C1CCC1Cc1cc(Cl)ccc1F. The molecule has 2 atom stereocenters. The van der Waals surface area contributed by atoms with Crippen molar-refractivity contribution in [3.05, 3.63) is 34.6 Å². The van der Waals surface area contributed by atoms with Crippen molar-refractivity contribution < 1.29 is 14.3 Å². The molecule has 1 N–H and O–H groups in total. The molecule has 0 spiro atoms. The van der Waals surface area contributed by atoms with E-state index >= 15 is 0 Å². The van der Waals surface area contributed by atoms with Gasteiger partial charge in [0.2, 0.25) is 0 Å². The lowest BCUT2D eigenvalue weighted by atomic mass is 9.71. The number of hydrogen-bond acceptors (Lipinski definition) is 1. The van der Waals surface area contributed by atoms with Gasteiger partial charge in [0.05, 0.1) is 5.92 Å². The van der Waals surface area contributed by atoms with Crippen molar-refractivity contribution in [2.24, 2.45) is 11.8 Å². The summed E-state index contributed by atoms with van der Waals surface area (Å²) in [7, 11) is 0. The average molecular weight is 243 g/mol. The highest BCUT2D eigenvalue weighted by molar-refractivity contribution is 6.30. The second-order valence-corrected chi connectivity index (χ2v) is 4.66. The minimum absolute atomic E-state index is 0.0467. The van der Waals surface area contributed by atoms with Crippen LogP contribution in [0.4, 0.5) is 4.39 Å². The van der Waals surface area contributed by atoms with Gasteiger partial charge in [-0.3, -0.25) is 4.79 Å². The van der Waals surface area contributed by atoms with Crippen LogP contribution < -0.4 is 0 Å². The molecule has 1 fully saturated rings. The molecule has 0 bridgehead atoms. The molecule has 1 saturated carbocycles. The van der Waals surface area contributed by atoms with Gasteiger partial charge in [0.1, 0.15) is 5.82 Å². The Bertz CT molecular complexity index is 419. The summed E-state index contributed by atoms with van der Waals surface area (Å²) in [6.45, 7) is 0. The smallest absolute Gasteiger partial charge is 0.306 e. The Kier molecular flexibility index (Phi) is 3.15. The van der Waals surface area contributed by atoms with E-state index in [0.29, 0.717) is 23.4 Å². The number of carboxylic acid groups (broad SMARTS) is 1. The second-order valence-electron chi connectivity index (χ2n) is 4.22. The predicted octanol–water partition coefficient (Wildman–Crippen LogP) is 3.13. The minimum Gasteiger partial charge on any atom is -0.481 e. The lowest BCUT2D eigenvalue weighted by Gasteiger charge is -2.33. The molecular weight excluding hydrogens is 231 g/mol. The fourth-order valence-electron chi connectivity index (χ4n) is 2.12. The van der Waals surface area contributed by atoms with Crippen molar-refractivity contribution in [2.45, 2.75) is 19.3 Å². The van der Waals surface area contributed by atoms with E-state index in [0.717, 1.165) is 6.42 Å². The van der Waals surface area contributed by atoms with Crippen LogP contribution in [0.2, 0.25) is 5.02 Å². The number of rotatable bonds is 3. The summed E-state index contributed by atoms with van der Waals surface area (Å²) < 4.78 is 13.4. The second kappa shape index (κ2) is 4.42. The van der Waals surface area contributed by atoms with Gasteiger partial charge in [-0.05, 0) is 48.9 Å². The molecule has 0 radical (unpaired) electrons. The Hall–Kier alpha value is -1.09. The van der Waals surface area contributed by atoms with E-state index < -0.39 is 5.97 Å². The molecule has 0 heterocycles. The van der Waals surface area contributed by atoms with Crippen molar-refractivity contribution in [3.8, 4) is 0 Å². The Labute approximate surface area is 98.0 Å². The van der Waals surface area contributed by atoms with Crippen molar-refractivity contribution in [1.29, 1.82) is 0 Å². The van der Waals surface area contributed by atoms with E-state index in [-0.39, 0.29) is 17.7 Å². The van der Waals surface area contributed by atoms with Gasteiger partial charge in [-0.25, -0.2) is 4.39 Å². The van der Waals surface area contributed by atoms with Crippen molar-refractivity contribution in [3.63, 3.8) is 0 Å². The van der Waals surface area contributed by atoms with Gasteiger partial charge in [0.25, 0.3) is 0 Å². The highest BCUT2D eigenvalue weighted by atomic mass is 35.5. The number of hydrogen-bond donors (Lipinski definition) is 1. The maximum absolute atomic E-state index is 13.4. The average Bonchev–Trinajstić information content (AvgIpc) is 2.16. The van der Waals surface area contributed by atoms with E-state index in [1.807, 2.05) is 0 Å². The first-order valence-electron chi connectivity index (χ1n) is 5.24. The standard InChI is InChI=1S/C12H12ClFO2/c13-9-2-4-11(14)8(6-9)5-7-1-3-10(7)12(15)16/h2,4,6-7,10H,1,3,5H2,(H,15,16). The minimum atomic E-state index is -0.779. The molecule has 0 aliphatic heterocycles. The lowest BCUT2D eigenvalue weighted by molar-refractivity contribution is -0.147. The number of carboxylic acids is 1. The Morgan fingerprint density at radius 2 is 2.25 bits per heavy atom. The van der Waals surface area contributed by atoms with Crippen LogP contribution in [0.3, 0.4) is 0 Å². The maximum Gasteiger partial charge on any atom is 0.306 e. The molecule has 2 unspecified atom stereocenters. The molecule has 1 aromatic carbocycles. The van der Waals surface area contributed by atoms with Gasteiger partial charge in [0.15, 0.2) is 0 Å². The quantitative estimate of drug-likeness (QED) is 0.884. The van der Waals surface area contributed by atoms with Crippen LogP contribution in [0.25, 0.3) is 0 Å². The summed E-state index contributed by atoms with van der Waals surface area (Å²) in [5.41, 5.74) is 0.517. The molecule has 2 rings (SSSR count).